The Morgan fingerprint density at radius 2 is 1.82 bits per heavy atom. The van der Waals surface area contributed by atoms with E-state index in [0.29, 0.717) is 42.2 Å². The molecule has 4 rings (SSSR count). The van der Waals surface area contributed by atoms with Crippen LogP contribution in [-0.2, 0) is 0 Å². The number of halogens is 1. The van der Waals surface area contributed by atoms with E-state index in [4.69, 9.17) is 11.6 Å². The van der Waals surface area contributed by atoms with Crippen molar-refractivity contribution >= 4 is 29.1 Å². The van der Waals surface area contributed by atoms with Crippen molar-refractivity contribution < 1.29 is 9.90 Å². The molecule has 1 unspecified atom stereocenters. The van der Waals surface area contributed by atoms with Crippen molar-refractivity contribution in [2.45, 2.75) is 31.9 Å². The quantitative estimate of drug-likeness (QED) is 0.486. The third-order valence-corrected chi connectivity index (χ3v) is 5.92. The van der Waals surface area contributed by atoms with Crippen LogP contribution in [0.3, 0.4) is 0 Å². The maximum Gasteiger partial charge on any atom is 0.253 e. The smallest absolute Gasteiger partial charge is 0.253 e. The second-order valence-corrected chi connectivity index (χ2v) is 8.73. The minimum atomic E-state index is -0.359. The van der Waals surface area contributed by atoms with Gasteiger partial charge in [0.05, 0.1) is 11.8 Å². The molecule has 1 aliphatic heterocycles. The first-order chi connectivity index (χ1) is 16.0. The van der Waals surface area contributed by atoms with Gasteiger partial charge in [0, 0.05) is 53.7 Å². The molecule has 33 heavy (non-hydrogen) atoms. The molecule has 8 heteroatoms. The number of amides is 1. The zero-order chi connectivity index (χ0) is 23.2. The van der Waals surface area contributed by atoms with Crippen LogP contribution in [0.2, 0.25) is 5.02 Å². The summed E-state index contributed by atoms with van der Waals surface area (Å²) in [6, 6.07) is 17.1. The third-order valence-electron chi connectivity index (χ3n) is 5.67. The molecule has 3 aromatic rings. The number of rotatable bonds is 7. The van der Waals surface area contributed by atoms with Crippen molar-refractivity contribution in [2.75, 3.05) is 25.0 Å². The number of aromatic nitrogens is 2. The minimum Gasteiger partial charge on any atom is -0.392 e. The molecule has 172 valence electrons. The zero-order valence-electron chi connectivity index (χ0n) is 18.5. The number of carbonyl (C=O) groups excluding carboxylic acids is 1. The van der Waals surface area contributed by atoms with Crippen LogP contribution in [0.1, 0.15) is 30.1 Å². The van der Waals surface area contributed by atoms with Crippen molar-refractivity contribution in [1.29, 1.82) is 0 Å². The molecule has 0 radical (unpaired) electrons. The highest BCUT2D eigenvalue weighted by molar-refractivity contribution is 6.30. The number of benzene rings is 2. The van der Waals surface area contributed by atoms with Crippen molar-refractivity contribution in [3.8, 4) is 11.3 Å². The molecule has 2 aromatic carbocycles. The molecule has 2 heterocycles. The maximum absolute atomic E-state index is 12.9. The summed E-state index contributed by atoms with van der Waals surface area (Å²) in [5.74, 6) is 0.518. The minimum absolute atomic E-state index is 0.0384. The SMILES string of the molecule is CC(O)CNC1CCN(C(=O)c2ccc(Nc3nccc(-c4ccc(Cl)cc4)n3)cc2)CC1. The van der Waals surface area contributed by atoms with Gasteiger partial charge in [0.2, 0.25) is 5.95 Å². The van der Waals surface area contributed by atoms with E-state index >= 15 is 0 Å². The van der Waals surface area contributed by atoms with E-state index < -0.39 is 0 Å². The molecule has 1 atom stereocenters. The first kappa shape index (κ1) is 23.2. The summed E-state index contributed by atoms with van der Waals surface area (Å²) in [6.45, 7) is 3.77. The summed E-state index contributed by atoms with van der Waals surface area (Å²) in [6.07, 6.45) is 3.12. The summed E-state index contributed by atoms with van der Waals surface area (Å²) >= 11 is 5.97. The number of hydrogen-bond donors (Lipinski definition) is 3. The van der Waals surface area contributed by atoms with Gasteiger partial charge >= 0.3 is 0 Å². The Balaban J connectivity index is 1.35. The van der Waals surface area contributed by atoms with Crippen molar-refractivity contribution in [3.05, 3.63) is 71.4 Å². The van der Waals surface area contributed by atoms with Crippen LogP contribution in [0, 0.1) is 0 Å². The van der Waals surface area contributed by atoms with Crippen molar-refractivity contribution in [1.82, 2.24) is 20.2 Å². The summed E-state index contributed by atoms with van der Waals surface area (Å²) < 4.78 is 0. The van der Waals surface area contributed by atoms with Gasteiger partial charge in [-0.3, -0.25) is 4.79 Å². The van der Waals surface area contributed by atoms with Gasteiger partial charge in [-0.05, 0) is 62.2 Å². The van der Waals surface area contributed by atoms with Gasteiger partial charge in [-0.1, -0.05) is 23.7 Å². The number of likely N-dealkylation sites (tertiary alicyclic amines) is 1. The molecule has 1 aliphatic rings. The normalized spacial score (nSPS) is 15.3. The largest absolute Gasteiger partial charge is 0.392 e. The van der Waals surface area contributed by atoms with E-state index in [1.165, 1.54) is 0 Å². The number of aliphatic hydroxyl groups is 1. The average Bonchev–Trinajstić information content (AvgIpc) is 2.84. The number of nitrogens with zero attached hydrogens (tertiary/aromatic N) is 3. The molecule has 1 aromatic heterocycles. The lowest BCUT2D eigenvalue weighted by molar-refractivity contribution is 0.0699. The Bertz CT molecular complexity index is 1060. The van der Waals surface area contributed by atoms with Gasteiger partial charge in [0.15, 0.2) is 0 Å². The highest BCUT2D eigenvalue weighted by Gasteiger charge is 2.23. The van der Waals surface area contributed by atoms with Crippen LogP contribution in [-0.4, -0.2) is 57.7 Å². The Kier molecular flexibility index (Phi) is 7.54. The number of nitrogens with one attached hydrogen (secondary N) is 2. The Morgan fingerprint density at radius 1 is 1.12 bits per heavy atom. The molecule has 0 aliphatic carbocycles. The Labute approximate surface area is 198 Å². The molecule has 1 saturated heterocycles. The zero-order valence-corrected chi connectivity index (χ0v) is 19.3. The standard InChI is InChI=1S/C25H28ClN5O2/c1-17(32)16-28-21-11-14-31(15-12-21)24(33)19-4-8-22(9-5-19)29-25-27-13-10-23(30-25)18-2-6-20(26)7-3-18/h2-10,13,17,21,28,32H,11-12,14-16H2,1H3,(H,27,29,30). The molecule has 1 amide bonds. The molecular formula is C25H28ClN5O2. The first-order valence-corrected chi connectivity index (χ1v) is 11.5. The van der Waals surface area contributed by atoms with Gasteiger partial charge < -0.3 is 20.6 Å². The predicted octanol–water partition coefficient (Wildman–Crippen LogP) is 4.12. The fraction of sp³-hybridized carbons (Fsp3) is 0.320. The fourth-order valence-corrected chi connectivity index (χ4v) is 3.96. The third kappa shape index (κ3) is 6.28. The van der Waals surface area contributed by atoms with Crippen molar-refractivity contribution in [3.63, 3.8) is 0 Å². The summed E-state index contributed by atoms with van der Waals surface area (Å²) in [5, 5.41) is 16.6. The van der Waals surface area contributed by atoms with E-state index in [-0.39, 0.29) is 12.0 Å². The van der Waals surface area contributed by atoms with Gasteiger partial charge in [0.25, 0.3) is 5.91 Å². The average molecular weight is 466 g/mol. The molecule has 0 spiro atoms. The summed E-state index contributed by atoms with van der Waals surface area (Å²) in [5.41, 5.74) is 3.21. The van der Waals surface area contributed by atoms with Gasteiger partial charge in [0.1, 0.15) is 0 Å². The van der Waals surface area contributed by atoms with E-state index in [1.807, 2.05) is 59.5 Å². The van der Waals surface area contributed by atoms with E-state index in [1.54, 1.807) is 13.1 Å². The first-order valence-electron chi connectivity index (χ1n) is 11.1. The number of aliphatic hydroxyl groups excluding tert-OH is 1. The lowest BCUT2D eigenvalue weighted by Crippen LogP contribution is -2.46. The molecule has 7 nitrogen and oxygen atoms in total. The predicted molar refractivity (Wildman–Crippen MR) is 131 cm³/mol. The molecule has 3 N–H and O–H groups in total. The second-order valence-electron chi connectivity index (χ2n) is 8.30. The van der Waals surface area contributed by atoms with Crippen LogP contribution in [0.5, 0.6) is 0 Å². The van der Waals surface area contributed by atoms with Gasteiger partial charge in [-0.15, -0.1) is 0 Å². The number of piperidine rings is 1. The van der Waals surface area contributed by atoms with E-state index in [2.05, 4.69) is 20.6 Å². The molecule has 0 bridgehead atoms. The highest BCUT2D eigenvalue weighted by Crippen LogP contribution is 2.22. The number of hydrogen-bond acceptors (Lipinski definition) is 6. The lowest BCUT2D eigenvalue weighted by atomic mass is 10.0. The van der Waals surface area contributed by atoms with Crippen LogP contribution in [0.15, 0.2) is 60.8 Å². The Hall–Kier alpha value is -3.00. The molecule has 1 fully saturated rings. The monoisotopic (exact) mass is 465 g/mol. The lowest BCUT2D eigenvalue weighted by Gasteiger charge is -2.32. The van der Waals surface area contributed by atoms with Crippen LogP contribution < -0.4 is 10.6 Å². The highest BCUT2D eigenvalue weighted by atomic mass is 35.5. The van der Waals surface area contributed by atoms with E-state index in [0.717, 1.165) is 29.8 Å². The second kappa shape index (κ2) is 10.7. The summed E-state index contributed by atoms with van der Waals surface area (Å²) in [4.78, 5) is 23.6. The van der Waals surface area contributed by atoms with Gasteiger partial charge in [-0.2, -0.15) is 0 Å². The summed E-state index contributed by atoms with van der Waals surface area (Å²) in [7, 11) is 0. The van der Waals surface area contributed by atoms with Gasteiger partial charge in [-0.25, -0.2) is 9.97 Å². The van der Waals surface area contributed by atoms with Crippen LogP contribution in [0.25, 0.3) is 11.3 Å². The molecular weight excluding hydrogens is 438 g/mol. The number of anilines is 2. The van der Waals surface area contributed by atoms with Crippen molar-refractivity contribution in [2.24, 2.45) is 0 Å². The molecule has 0 saturated carbocycles. The van der Waals surface area contributed by atoms with Crippen LogP contribution in [0.4, 0.5) is 11.6 Å². The van der Waals surface area contributed by atoms with E-state index in [9.17, 15) is 9.90 Å². The Morgan fingerprint density at radius 3 is 2.48 bits per heavy atom. The number of carbonyl (C=O) groups is 1. The van der Waals surface area contributed by atoms with Crippen LogP contribution >= 0.6 is 11.6 Å². The fourth-order valence-electron chi connectivity index (χ4n) is 3.83. The topological polar surface area (TPSA) is 90.4 Å². The maximum atomic E-state index is 12.9.